The van der Waals surface area contributed by atoms with Gasteiger partial charge in [-0.15, -0.1) is 0 Å². The quantitative estimate of drug-likeness (QED) is 0.947. The molecule has 3 nitrogen and oxygen atoms in total. The minimum atomic E-state index is -0.0829. The maximum absolute atomic E-state index is 11.9. The minimum absolute atomic E-state index is 0.0829. The van der Waals surface area contributed by atoms with Crippen molar-refractivity contribution in [1.82, 2.24) is 10.3 Å². The lowest BCUT2D eigenvalue weighted by Gasteiger charge is -2.06. The van der Waals surface area contributed by atoms with Crippen LogP contribution in [-0.4, -0.2) is 10.9 Å². The Morgan fingerprint density at radius 2 is 2.17 bits per heavy atom. The number of halogens is 1. The molecule has 1 heterocycles. The number of benzene rings is 1. The SMILES string of the molecule is Cc1cc(C(=O)NCc2cccc(Br)c2)ccn1. The van der Waals surface area contributed by atoms with Gasteiger partial charge < -0.3 is 5.32 Å². The first-order valence-corrected chi connectivity index (χ1v) is 6.40. The molecule has 92 valence electrons. The Kier molecular flexibility index (Phi) is 4.10. The zero-order valence-electron chi connectivity index (χ0n) is 9.98. The maximum Gasteiger partial charge on any atom is 0.251 e. The predicted molar refractivity (Wildman–Crippen MR) is 74.3 cm³/mol. The number of aryl methyl sites for hydroxylation is 1. The molecular formula is C14H13BrN2O. The molecule has 0 fully saturated rings. The Hall–Kier alpha value is -1.68. The summed E-state index contributed by atoms with van der Waals surface area (Å²) < 4.78 is 1.01. The third-order valence-corrected chi connectivity index (χ3v) is 2.99. The van der Waals surface area contributed by atoms with Crippen LogP contribution in [0.2, 0.25) is 0 Å². The summed E-state index contributed by atoms with van der Waals surface area (Å²) in [5.74, 6) is -0.0829. The fourth-order valence-electron chi connectivity index (χ4n) is 1.62. The molecule has 18 heavy (non-hydrogen) atoms. The number of carbonyl (C=O) groups excluding carboxylic acids is 1. The highest BCUT2D eigenvalue weighted by molar-refractivity contribution is 9.10. The van der Waals surface area contributed by atoms with Crippen LogP contribution in [0.15, 0.2) is 47.1 Å². The molecule has 0 atom stereocenters. The van der Waals surface area contributed by atoms with E-state index in [4.69, 9.17) is 0 Å². The predicted octanol–water partition coefficient (Wildman–Crippen LogP) is 3.08. The van der Waals surface area contributed by atoms with Gasteiger partial charge in [0.15, 0.2) is 0 Å². The van der Waals surface area contributed by atoms with E-state index in [-0.39, 0.29) is 5.91 Å². The van der Waals surface area contributed by atoms with Crippen molar-refractivity contribution in [3.05, 3.63) is 63.9 Å². The molecule has 2 aromatic rings. The molecule has 0 saturated carbocycles. The topological polar surface area (TPSA) is 42.0 Å². The molecule has 1 aromatic carbocycles. The highest BCUT2D eigenvalue weighted by atomic mass is 79.9. The first-order valence-electron chi connectivity index (χ1n) is 5.60. The van der Waals surface area contributed by atoms with Crippen molar-refractivity contribution < 1.29 is 4.79 Å². The lowest BCUT2D eigenvalue weighted by atomic mass is 10.2. The van der Waals surface area contributed by atoms with E-state index in [2.05, 4.69) is 26.2 Å². The van der Waals surface area contributed by atoms with Gasteiger partial charge in [0, 0.05) is 28.5 Å². The molecule has 0 unspecified atom stereocenters. The molecule has 0 spiro atoms. The zero-order chi connectivity index (χ0) is 13.0. The van der Waals surface area contributed by atoms with Crippen molar-refractivity contribution in [2.75, 3.05) is 0 Å². The Morgan fingerprint density at radius 3 is 2.89 bits per heavy atom. The molecule has 4 heteroatoms. The highest BCUT2D eigenvalue weighted by Crippen LogP contribution is 2.11. The molecule has 1 N–H and O–H groups in total. The van der Waals surface area contributed by atoms with Crippen molar-refractivity contribution in [3.8, 4) is 0 Å². The Labute approximate surface area is 114 Å². The number of nitrogens with one attached hydrogen (secondary N) is 1. The van der Waals surface area contributed by atoms with Gasteiger partial charge in [-0.3, -0.25) is 9.78 Å². The summed E-state index contributed by atoms with van der Waals surface area (Å²) in [6, 6.07) is 11.3. The van der Waals surface area contributed by atoms with Gasteiger partial charge in [-0.1, -0.05) is 28.1 Å². The third kappa shape index (κ3) is 3.40. The van der Waals surface area contributed by atoms with Crippen molar-refractivity contribution >= 4 is 21.8 Å². The van der Waals surface area contributed by atoms with Crippen LogP contribution >= 0.6 is 15.9 Å². The van der Waals surface area contributed by atoms with E-state index < -0.39 is 0 Å². The number of hydrogen-bond acceptors (Lipinski definition) is 2. The fraction of sp³-hybridized carbons (Fsp3) is 0.143. The van der Waals surface area contributed by atoms with E-state index in [1.807, 2.05) is 31.2 Å². The fourth-order valence-corrected chi connectivity index (χ4v) is 2.06. The number of pyridine rings is 1. The zero-order valence-corrected chi connectivity index (χ0v) is 11.6. The van der Waals surface area contributed by atoms with Crippen LogP contribution in [0.25, 0.3) is 0 Å². The van der Waals surface area contributed by atoms with E-state index in [9.17, 15) is 4.79 Å². The third-order valence-electron chi connectivity index (χ3n) is 2.50. The largest absolute Gasteiger partial charge is 0.348 e. The van der Waals surface area contributed by atoms with E-state index in [1.54, 1.807) is 18.3 Å². The summed E-state index contributed by atoms with van der Waals surface area (Å²) in [5, 5.41) is 2.88. The van der Waals surface area contributed by atoms with Crippen molar-refractivity contribution in [2.24, 2.45) is 0 Å². The second kappa shape index (κ2) is 5.78. The summed E-state index contributed by atoms with van der Waals surface area (Å²) in [4.78, 5) is 16.0. The normalized spacial score (nSPS) is 10.1. The Balaban J connectivity index is 2.00. The van der Waals surface area contributed by atoms with Crippen LogP contribution in [0.5, 0.6) is 0 Å². The number of amides is 1. The molecule has 0 aliphatic rings. The van der Waals surface area contributed by atoms with E-state index >= 15 is 0 Å². The van der Waals surface area contributed by atoms with Gasteiger partial charge in [0.2, 0.25) is 0 Å². The molecule has 0 aliphatic heterocycles. The molecule has 0 aliphatic carbocycles. The average Bonchev–Trinajstić information content (AvgIpc) is 2.36. The van der Waals surface area contributed by atoms with Crippen LogP contribution in [0, 0.1) is 6.92 Å². The van der Waals surface area contributed by atoms with Crippen LogP contribution in [-0.2, 0) is 6.54 Å². The number of rotatable bonds is 3. The average molecular weight is 305 g/mol. The molecule has 0 saturated heterocycles. The smallest absolute Gasteiger partial charge is 0.251 e. The van der Waals surface area contributed by atoms with Crippen LogP contribution in [0.3, 0.4) is 0 Å². The van der Waals surface area contributed by atoms with Crippen LogP contribution in [0.4, 0.5) is 0 Å². The Morgan fingerprint density at radius 1 is 1.33 bits per heavy atom. The molecule has 2 rings (SSSR count). The van der Waals surface area contributed by atoms with Gasteiger partial charge in [0.05, 0.1) is 0 Å². The van der Waals surface area contributed by atoms with E-state index in [0.717, 1.165) is 15.7 Å². The Bertz CT molecular complexity index is 569. The van der Waals surface area contributed by atoms with Gasteiger partial charge in [-0.05, 0) is 36.8 Å². The van der Waals surface area contributed by atoms with Gasteiger partial charge in [0.1, 0.15) is 0 Å². The molecule has 0 bridgehead atoms. The lowest BCUT2D eigenvalue weighted by molar-refractivity contribution is 0.0950. The van der Waals surface area contributed by atoms with Gasteiger partial charge in [0.25, 0.3) is 5.91 Å². The highest BCUT2D eigenvalue weighted by Gasteiger charge is 2.05. The number of aromatic nitrogens is 1. The first kappa shape index (κ1) is 12.8. The minimum Gasteiger partial charge on any atom is -0.348 e. The lowest BCUT2D eigenvalue weighted by Crippen LogP contribution is -2.22. The maximum atomic E-state index is 11.9. The van der Waals surface area contributed by atoms with Gasteiger partial charge >= 0.3 is 0 Å². The molecular weight excluding hydrogens is 292 g/mol. The number of hydrogen-bond donors (Lipinski definition) is 1. The van der Waals surface area contributed by atoms with Crippen molar-refractivity contribution in [1.29, 1.82) is 0 Å². The van der Waals surface area contributed by atoms with E-state index in [1.165, 1.54) is 0 Å². The summed E-state index contributed by atoms with van der Waals surface area (Å²) >= 11 is 3.40. The summed E-state index contributed by atoms with van der Waals surface area (Å²) in [5.41, 5.74) is 2.53. The number of carbonyl (C=O) groups is 1. The standard InChI is InChI=1S/C14H13BrN2O/c1-10-7-12(5-6-16-10)14(18)17-9-11-3-2-4-13(15)8-11/h2-8H,9H2,1H3,(H,17,18). The second-order valence-corrected chi connectivity index (χ2v) is 4.91. The number of nitrogens with zero attached hydrogens (tertiary/aromatic N) is 1. The first-order chi connectivity index (χ1) is 8.65. The van der Waals surface area contributed by atoms with Crippen LogP contribution < -0.4 is 5.32 Å². The summed E-state index contributed by atoms with van der Waals surface area (Å²) in [7, 11) is 0. The molecule has 1 amide bonds. The summed E-state index contributed by atoms with van der Waals surface area (Å²) in [6.45, 7) is 2.38. The van der Waals surface area contributed by atoms with Crippen LogP contribution in [0.1, 0.15) is 21.6 Å². The summed E-state index contributed by atoms with van der Waals surface area (Å²) in [6.07, 6.45) is 1.64. The van der Waals surface area contributed by atoms with Gasteiger partial charge in [-0.25, -0.2) is 0 Å². The van der Waals surface area contributed by atoms with Gasteiger partial charge in [-0.2, -0.15) is 0 Å². The second-order valence-electron chi connectivity index (χ2n) is 4.00. The van der Waals surface area contributed by atoms with Crippen molar-refractivity contribution in [2.45, 2.75) is 13.5 Å². The van der Waals surface area contributed by atoms with Crippen molar-refractivity contribution in [3.63, 3.8) is 0 Å². The molecule has 0 radical (unpaired) electrons. The van der Waals surface area contributed by atoms with E-state index in [0.29, 0.717) is 12.1 Å². The molecule has 1 aromatic heterocycles. The monoisotopic (exact) mass is 304 g/mol.